The molecule has 0 aliphatic carbocycles. The second kappa shape index (κ2) is 11.1. The van der Waals surface area contributed by atoms with E-state index in [9.17, 15) is 18.4 Å². The molecule has 0 saturated heterocycles. The quantitative estimate of drug-likeness (QED) is 0.546. The predicted molar refractivity (Wildman–Crippen MR) is 109 cm³/mol. The average molecular weight is 422 g/mol. The normalized spacial score (nSPS) is 11.5. The molecule has 1 atom stereocenters. The van der Waals surface area contributed by atoms with Crippen molar-refractivity contribution >= 4 is 23.2 Å². The maximum absolute atomic E-state index is 13.2. The van der Waals surface area contributed by atoms with Crippen molar-refractivity contribution in [3.05, 3.63) is 48.0 Å². The number of halogens is 2. The van der Waals surface area contributed by atoms with Crippen LogP contribution in [0.1, 0.15) is 13.8 Å². The predicted octanol–water partition coefficient (Wildman–Crippen LogP) is 1.85. The highest BCUT2D eigenvalue weighted by molar-refractivity contribution is 5.93. The number of quaternary nitrogens is 1. The van der Waals surface area contributed by atoms with Crippen LogP contribution in [-0.2, 0) is 9.59 Å². The van der Waals surface area contributed by atoms with E-state index in [1.54, 1.807) is 25.2 Å². The number of anilines is 2. The van der Waals surface area contributed by atoms with Crippen LogP contribution in [0.3, 0.4) is 0 Å². The maximum atomic E-state index is 13.2. The van der Waals surface area contributed by atoms with Crippen LogP contribution in [0.2, 0.25) is 0 Å². The number of nitrogens with one attached hydrogen (secondary N) is 3. The van der Waals surface area contributed by atoms with E-state index in [1.807, 2.05) is 13.8 Å². The van der Waals surface area contributed by atoms with Gasteiger partial charge in [-0.2, -0.15) is 0 Å². The summed E-state index contributed by atoms with van der Waals surface area (Å²) in [7, 11) is 1.67. The molecule has 0 aliphatic rings. The van der Waals surface area contributed by atoms with E-state index in [0.717, 1.165) is 12.1 Å². The smallest absolute Gasteiger partial charge is 0.279 e. The SMILES string of the molecule is CCOc1ccc(NC(=O)C[NH+](C)CC(=O)Nc2ccc(F)c(F)c2)cc1OCC. The highest BCUT2D eigenvalue weighted by Gasteiger charge is 2.16. The minimum Gasteiger partial charge on any atom is -0.490 e. The zero-order valence-corrected chi connectivity index (χ0v) is 17.2. The lowest BCUT2D eigenvalue weighted by Crippen LogP contribution is -3.11. The first kappa shape index (κ1) is 23.1. The molecule has 0 radical (unpaired) electrons. The van der Waals surface area contributed by atoms with Gasteiger partial charge in [0.15, 0.2) is 36.2 Å². The molecular formula is C21H26F2N3O4+. The number of hydrogen-bond donors (Lipinski definition) is 3. The molecule has 0 heterocycles. The van der Waals surface area contributed by atoms with Crippen molar-refractivity contribution in [3.8, 4) is 11.5 Å². The van der Waals surface area contributed by atoms with E-state index in [-0.39, 0.29) is 24.7 Å². The summed E-state index contributed by atoms with van der Waals surface area (Å²) in [6, 6.07) is 8.20. The number of carbonyl (C=O) groups excluding carboxylic acids is 2. The molecule has 7 nitrogen and oxygen atoms in total. The fourth-order valence-corrected chi connectivity index (χ4v) is 2.72. The summed E-state index contributed by atoms with van der Waals surface area (Å²) < 4.78 is 37.2. The zero-order chi connectivity index (χ0) is 22.1. The van der Waals surface area contributed by atoms with E-state index >= 15 is 0 Å². The molecule has 1 unspecified atom stereocenters. The maximum Gasteiger partial charge on any atom is 0.279 e. The summed E-state index contributed by atoms with van der Waals surface area (Å²) >= 11 is 0. The summed E-state index contributed by atoms with van der Waals surface area (Å²) in [4.78, 5) is 25.0. The molecule has 2 aromatic carbocycles. The van der Waals surface area contributed by atoms with Gasteiger partial charge in [-0.3, -0.25) is 9.59 Å². The van der Waals surface area contributed by atoms with Crippen molar-refractivity contribution < 1.29 is 32.7 Å². The lowest BCUT2D eigenvalue weighted by atomic mass is 10.2. The molecule has 0 aliphatic heterocycles. The molecule has 2 aromatic rings. The standard InChI is InChI=1S/C21H25F2N3O4/c1-4-29-18-9-7-15(11-19(18)30-5-2)25-21(28)13-26(3)12-20(27)24-14-6-8-16(22)17(23)10-14/h6-11H,4-5,12-13H2,1-3H3,(H,24,27)(H,25,28)/p+1. The van der Waals surface area contributed by atoms with Gasteiger partial charge in [0.2, 0.25) is 0 Å². The second-order valence-electron chi connectivity index (χ2n) is 6.56. The number of ether oxygens (including phenoxy) is 2. The van der Waals surface area contributed by atoms with Crippen LogP contribution in [0.25, 0.3) is 0 Å². The summed E-state index contributed by atoms with van der Waals surface area (Å²) in [5.41, 5.74) is 0.694. The third-order valence-electron chi connectivity index (χ3n) is 3.96. The van der Waals surface area contributed by atoms with Gasteiger partial charge in [0.25, 0.3) is 11.8 Å². The van der Waals surface area contributed by atoms with Crippen LogP contribution in [-0.4, -0.2) is 45.2 Å². The van der Waals surface area contributed by atoms with E-state index in [0.29, 0.717) is 35.3 Å². The zero-order valence-electron chi connectivity index (χ0n) is 17.2. The molecule has 30 heavy (non-hydrogen) atoms. The molecule has 0 aromatic heterocycles. The van der Waals surface area contributed by atoms with Crippen molar-refractivity contribution in [1.29, 1.82) is 0 Å². The van der Waals surface area contributed by atoms with Gasteiger partial charge in [-0.1, -0.05) is 0 Å². The molecule has 3 N–H and O–H groups in total. The molecule has 9 heteroatoms. The Labute approximate surface area is 174 Å². The molecule has 0 fully saturated rings. The minimum absolute atomic E-state index is 0.0279. The average Bonchev–Trinajstić information content (AvgIpc) is 2.66. The molecule has 0 spiro atoms. The van der Waals surface area contributed by atoms with Crippen molar-refractivity contribution in [3.63, 3.8) is 0 Å². The second-order valence-corrected chi connectivity index (χ2v) is 6.56. The highest BCUT2D eigenvalue weighted by atomic mass is 19.2. The molecule has 162 valence electrons. The lowest BCUT2D eigenvalue weighted by molar-refractivity contribution is -0.862. The van der Waals surface area contributed by atoms with Gasteiger partial charge in [-0.25, -0.2) is 8.78 Å². The Morgan fingerprint density at radius 1 is 0.833 bits per heavy atom. The summed E-state index contributed by atoms with van der Waals surface area (Å²) in [5.74, 6) is -1.63. The number of benzene rings is 2. The van der Waals surface area contributed by atoms with Gasteiger partial charge in [-0.05, 0) is 38.1 Å². The van der Waals surface area contributed by atoms with Crippen LogP contribution in [0, 0.1) is 11.6 Å². The lowest BCUT2D eigenvalue weighted by Gasteiger charge is -2.15. The van der Waals surface area contributed by atoms with Gasteiger partial charge in [-0.15, -0.1) is 0 Å². The van der Waals surface area contributed by atoms with E-state index in [4.69, 9.17) is 9.47 Å². The number of carbonyl (C=O) groups is 2. The summed E-state index contributed by atoms with van der Waals surface area (Å²) in [5, 5.41) is 5.23. The highest BCUT2D eigenvalue weighted by Crippen LogP contribution is 2.30. The van der Waals surface area contributed by atoms with Crippen molar-refractivity contribution in [2.75, 3.05) is 44.0 Å². The number of amides is 2. The Bertz CT molecular complexity index is 893. The first-order chi connectivity index (χ1) is 14.3. The minimum atomic E-state index is -1.05. The Kier molecular flexibility index (Phi) is 8.54. The molecule has 0 bridgehead atoms. The van der Waals surface area contributed by atoms with Crippen molar-refractivity contribution in [2.45, 2.75) is 13.8 Å². The number of hydrogen-bond acceptors (Lipinski definition) is 4. The molecule has 0 saturated carbocycles. The van der Waals surface area contributed by atoms with Crippen molar-refractivity contribution in [1.82, 2.24) is 0 Å². The van der Waals surface area contributed by atoms with E-state index in [1.165, 1.54) is 6.07 Å². The molecular weight excluding hydrogens is 396 g/mol. The number of rotatable bonds is 10. The van der Waals surface area contributed by atoms with Crippen LogP contribution >= 0.6 is 0 Å². The van der Waals surface area contributed by atoms with Gasteiger partial charge >= 0.3 is 0 Å². The monoisotopic (exact) mass is 422 g/mol. The summed E-state index contributed by atoms with van der Waals surface area (Å²) in [6.45, 7) is 4.67. The fourth-order valence-electron chi connectivity index (χ4n) is 2.72. The van der Waals surface area contributed by atoms with Gasteiger partial charge < -0.3 is 25.0 Å². The summed E-state index contributed by atoms with van der Waals surface area (Å²) in [6.07, 6.45) is 0. The Morgan fingerprint density at radius 3 is 1.93 bits per heavy atom. The third kappa shape index (κ3) is 7.00. The van der Waals surface area contributed by atoms with E-state index < -0.39 is 17.5 Å². The van der Waals surface area contributed by atoms with Crippen LogP contribution in [0.4, 0.5) is 20.2 Å². The Hall–Kier alpha value is -3.20. The molecule has 2 amide bonds. The van der Waals surface area contributed by atoms with Crippen molar-refractivity contribution in [2.24, 2.45) is 0 Å². The topological polar surface area (TPSA) is 81.1 Å². The van der Waals surface area contributed by atoms with Gasteiger partial charge in [0.05, 0.1) is 20.3 Å². The van der Waals surface area contributed by atoms with E-state index in [2.05, 4.69) is 10.6 Å². The van der Waals surface area contributed by atoms with Crippen LogP contribution in [0.15, 0.2) is 36.4 Å². The van der Waals surface area contributed by atoms with Gasteiger partial charge in [0, 0.05) is 23.5 Å². The number of likely N-dealkylation sites (N-methyl/N-ethyl adjacent to an activating group) is 1. The third-order valence-corrected chi connectivity index (χ3v) is 3.96. The van der Waals surface area contributed by atoms with Gasteiger partial charge in [0.1, 0.15) is 0 Å². The largest absolute Gasteiger partial charge is 0.490 e. The Morgan fingerprint density at radius 2 is 1.37 bits per heavy atom. The Balaban J connectivity index is 1.88. The molecule has 2 rings (SSSR count). The fraction of sp³-hybridized carbons (Fsp3) is 0.333. The first-order valence-corrected chi connectivity index (χ1v) is 9.58. The van der Waals surface area contributed by atoms with Crippen LogP contribution in [0.5, 0.6) is 11.5 Å². The first-order valence-electron chi connectivity index (χ1n) is 9.58. The van der Waals surface area contributed by atoms with Crippen LogP contribution < -0.4 is 25.0 Å².